The summed E-state index contributed by atoms with van der Waals surface area (Å²) in [6, 6.07) is 15.7. The molecule has 282 valence electrons. The van der Waals surface area contributed by atoms with Crippen LogP contribution in [0.5, 0.6) is 5.75 Å². The van der Waals surface area contributed by atoms with Gasteiger partial charge in [0.1, 0.15) is 17.4 Å². The standard InChI is InChI=1S/C36H35ClF5N5O6/c1-45(2)14-13-43-32(49)25-5-3-4-6-28(25)46-15-17-47(18-16-46)34(51)27(19-22-7-9-23(37)10-8-22)44-33(50)31-21-29(48)26-20-24(11-12-30(26)52-31)53-36(41,42)35(38,39)40/h3-12,20-21,27H,13-19H2,1-2H3,(H,43,49)(H,44,50)/t27-/m1/s1. The second kappa shape index (κ2) is 16.2. The smallest absolute Gasteiger partial charge is 0.451 e. The fourth-order valence-electron chi connectivity index (χ4n) is 5.62. The van der Waals surface area contributed by atoms with E-state index in [0.717, 1.165) is 18.2 Å². The number of hydrogen-bond donors (Lipinski definition) is 2. The first-order chi connectivity index (χ1) is 25.0. The summed E-state index contributed by atoms with van der Waals surface area (Å²) in [5.41, 5.74) is 0.643. The first-order valence-corrected chi connectivity index (χ1v) is 16.7. The number of carbonyl (C=O) groups is 3. The van der Waals surface area contributed by atoms with Crippen LogP contribution in [0, 0.1) is 0 Å². The SMILES string of the molecule is CN(C)CCNC(=O)c1ccccc1N1CCN(C(=O)[C@@H](Cc2ccc(Cl)cc2)NC(=O)c2cc(=O)c3cc(OC(F)(F)C(F)(F)F)ccc3o2)CC1. The largest absolute Gasteiger partial charge is 0.499 e. The van der Waals surface area contributed by atoms with Gasteiger partial charge in [0.05, 0.1) is 10.9 Å². The van der Waals surface area contributed by atoms with Crippen molar-refractivity contribution in [3.63, 3.8) is 0 Å². The van der Waals surface area contributed by atoms with Crippen molar-refractivity contribution in [2.24, 2.45) is 0 Å². The normalized spacial score (nSPS) is 14.3. The van der Waals surface area contributed by atoms with E-state index < -0.39 is 52.5 Å². The molecule has 1 aromatic heterocycles. The number of rotatable bonds is 12. The lowest BCUT2D eigenvalue weighted by atomic mass is 10.0. The number of piperazine rings is 1. The van der Waals surface area contributed by atoms with Crippen LogP contribution < -0.4 is 25.7 Å². The summed E-state index contributed by atoms with van der Waals surface area (Å²) >= 11 is 6.04. The number of anilines is 1. The topological polar surface area (TPSA) is 124 Å². The van der Waals surface area contributed by atoms with Gasteiger partial charge in [-0.05, 0) is 62.1 Å². The van der Waals surface area contributed by atoms with Crippen LogP contribution >= 0.6 is 11.6 Å². The Bertz CT molecular complexity index is 2020. The maximum Gasteiger partial charge on any atom is 0.499 e. The summed E-state index contributed by atoms with van der Waals surface area (Å²) in [6.07, 6.45) is -11.5. The van der Waals surface area contributed by atoms with Crippen molar-refractivity contribution < 1.29 is 45.5 Å². The Hall–Kier alpha value is -5.22. The third-order valence-electron chi connectivity index (χ3n) is 8.38. The molecular formula is C36H35ClF5N5O6. The molecular weight excluding hydrogens is 729 g/mol. The van der Waals surface area contributed by atoms with Crippen LogP contribution in [0.4, 0.5) is 27.6 Å². The van der Waals surface area contributed by atoms with Crippen LogP contribution in [-0.4, -0.2) is 99.2 Å². The Balaban J connectivity index is 1.32. The minimum atomic E-state index is -6.00. The van der Waals surface area contributed by atoms with Gasteiger partial charge in [0.15, 0.2) is 11.2 Å². The zero-order valence-corrected chi connectivity index (χ0v) is 29.3. The fourth-order valence-corrected chi connectivity index (χ4v) is 5.75. The van der Waals surface area contributed by atoms with Gasteiger partial charge in [-0.25, -0.2) is 0 Å². The maximum atomic E-state index is 14.0. The molecule has 0 unspecified atom stereocenters. The predicted molar refractivity (Wildman–Crippen MR) is 187 cm³/mol. The summed E-state index contributed by atoms with van der Waals surface area (Å²) in [7, 11) is 3.81. The number of fused-ring (bicyclic) bond motifs is 1. The zero-order valence-electron chi connectivity index (χ0n) is 28.5. The third-order valence-corrected chi connectivity index (χ3v) is 8.63. The van der Waals surface area contributed by atoms with E-state index in [1.165, 1.54) is 0 Å². The van der Waals surface area contributed by atoms with Crippen LogP contribution in [0.2, 0.25) is 5.02 Å². The Morgan fingerprint density at radius 1 is 0.925 bits per heavy atom. The molecule has 0 bridgehead atoms. The molecule has 1 aliphatic rings. The minimum Gasteiger partial charge on any atom is -0.451 e. The highest BCUT2D eigenvalue weighted by molar-refractivity contribution is 6.30. The van der Waals surface area contributed by atoms with E-state index in [1.54, 1.807) is 41.3 Å². The average molecular weight is 764 g/mol. The maximum absolute atomic E-state index is 14.0. The number of alkyl halides is 5. The molecule has 2 N–H and O–H groups in total. The van der Waals surface area contributed by atoms with Crippen molar-refractivity contribution in [3.8, 4) is 5.75 Å². The fraction of sp³-hybridized carbons (Fsp3) is 0.333. The lowest BCUT2D eigenvalue weighted by Crippen LogP contribution is -2.55. The second-order valence-corrected chi connectivity index (χ2v) is 12.9. The van der Waals surface area contributed by atoms with Gasteiger partial charge in [-0.1, -0.05) is 35.9 Å². The van der Waals surface area contributed by atoms with E-state index in [0.29, 0.717) is 54.1 Å². The summed E-state index contributed by atoms with van der Waals surface area (Å²) in [4.78, 5) is 58.8. The van der Waals surface area contributed by atoms with E-state index in [2.05, 4.69) is 15.4 Å². The number of likely N-dealkylation sites (N-methyl/N-ethyl adjacent to an activating group) is 1. The number of halogens is 6. The molecule has 0 saturated carbocycles. The van der Waals surface area contributed by atoms with Crippen LogP contribution in [-0.2, 0) is 11.2 Å². The van der Waals surface area contributed by atoms with Crippen molar-refractivity contribution in [2.75, 3.05) is 58.3 Å². The van der Waals surface area contributed by atoms with E-state index in [1.807, 2.05) is 36.0 Å². The third kappa shape index (κ3) is 9.61. The molecule has 3 amide bonds. The number of ether oxygens (including phenoxy) is 1. The highest BCUT2D eigenvalue weighted by atomic mass is 35.5. The van der Waals surface area contributed by atoms with Crippen molar-refractivity contribution in [2.45, 2.75) is 24.7 Å². The van der Waals surface area contributed by atoms with E-state index >= 15 is 0 Å². The van der Waals surface area contributed by atoms with Crippen molar-refractivity contribution >= 4 is 46.0 Å². The summed E-state index contributed by atoms with van der Waals surface area (Å²) in [5, 5.41) is 5.58. The number of hydrogen-bond acceptors (Lipinski definition) is 8. The molecule has 53 heavy (non-hydrogen) atoms. The molecule has 1 saturated heterocycles. The van der Waals surface area contributed by atoms with E-state index in [-0.39, 0.29) is 31.0 Å². The minimum absolute atomic E-state index is 0.0316. The molecule has 3 aromatic carbocycles. The molecule has 1 atom stereocenters. The van der Waals surface area contributed by atoms with Crippen LogP contribution in [0.25, 0.3) is 11.0 Å². The first-order valence-electron chi connectivity index (χ1n) is 16.3. The molecule has 11 nitrogen and oxygen atoms in total. The second-order valence-electron chi connectivity index (χ2n) is 12.5. The lowest BCUT2D eigenvalue weighted by molar-refractivity contribution is -0.360. The van der Waals surface area contributed by atoms with E-state index in [9.17, 15) is 41.1 Å². The monoisotopic (exact) mass is 763 g/mol. The molecule has 5 rings (SSSR count). The van der Waals surface area contributed by atoms with Crippen molar-refractivity contribution in [1.29, 1.82) is 0 Å². The Morgan fingerprint density at radius 3 is 2.26 bits per heavy atom. The van der Waals surface area contributed by atoms with Gasteiger partial charge in [-0.15, -0.1) is 0 Å². The molecule has 0 aliphatic carbocycles. The van der Waals surface area contributed by atoms with Gasteiger partial charge >= 0.3 is 12.3 Å². The molecule has 4 aromatic rings. The van der Waals surface area contributed by atoms with Crippen LogP contribution in [0.1, 0.15) is 26.5 Å². The van der Waals surface area contributed by atoms with Gasteiger partial charge in [0, 0.05) is 62.5 Å². The first kappa shape index (κ1) is 39.0. The predicted octanol–water partition coefficient (Wildman–Crippen LogP) is 4.96. The molecule has 0 radical (unpaired) electrons. The van der Waals surface area contributed by atoms with Crippen molar-refractivity contribution in [1.82, 2.24) is 20.4 Å². The van der Waals surface area contributed by atoms with Gasteiger partial charge < -0.3 is 34.5 Å². The Labute approximate surface area is 305 Å². The number of para-hydroxylation sites is 1. The number of nitrogens with one attached hydrogen (secondary N) is 2. The Kier molecular flexibility index (Phi) is 11.9. The number of amides is 3. The summed E-state index contributed by atoms with van der Waals surface area (Å²) in [5.74, 6) is -3.09. The average Bonchev–Trinajstić information content (AvgIpc) is 3.11. The molecule has 1 fully saturated rings. The van der Waals surface area contributed by atoms with Crippen molar-refractivity contribution in [3.05, 3.63) is 105 Å². The lowest BCUT2D eigenvalue weighted by Gasteiger charge is -2.38. The zero-order chi connectivity index (χ0) is 38.5. The highest BCUT2D eigenvalue weighted by Crippen LogP contribution is 2.37. The number of benzene rings is 3. The van der Waals surface area contributed by atoms with Gasteiger partial charge in [-0.2, -0.15) is 22.0 Å². The molecule has 0 spiro atoms. The van der Waals surface area contributed by atoms with Crippen LogP contribution in [0.3, 0.4) is 0 Å². The number of carbonyl (C=O) groups excluding carboxylic acids is 3. The Morgan fingerprint density at radius 2 is 1.60 bits per heavy atom. The quantitative estimate of drug-likeness (QED) is 0.194. The summed E-state index contributed by atoms with van der Waals surface area (Å²) in [6.45, 7) is 2.42. The number of nitrogens with zero attached hydrogens (tertiary/aromatic N) is 3. The van der Waals surface area contributed by atoms with Gasteiger partial charge in [0.25, 0.3) is 11.8 Å². The summed E-state index contributed by atoms with van der Waals surface area (Å²) < 4.78 is 74.0. The van der Waals surface area contributed by atoms with Crippen LogP contribution in [0.15, 0.2) is 82.0 Å². The van der Waals surface area contributed by atoms with Gasteiger partial charge in [-0.3, -0.25) is 19.2 Å². The highest BCUT2D eigenvalue weighted by Gasteiger charge is 2.61. The van der Waals surface area contributed by atoms with E-state index in [4.69, 9.17) is 16.0 Å². The molecule has 2 heterocycles. The van der Waals surface area contributed by atoms with Gasteiger partial charge in [0.2, 0.25) is 5.91 Å². The molecule has 17 heteroatoms. The molecule has 1 aliphatic heterocycles.